The minimum absolute atomic E-state index is 0. The summed E-state index contributed by atoms with van der Waals surface area (Å²) in [5.74, 6) is 0.347. The number of amides is 1. The summed E-state index contributed by atoms with van der Waals surface area (Å²) in [7, 11) is 0. The Morgan fingerprint density at radius 1 is 1.08 bits per heavy atom. The quantitative estimate of drug-likeness (QED) is 0.900. The molecule has 0 bridgehead atoms. The molecule has 5 heteroatoms. The second kappa shape index (κ2) is 8.21. The highest BCUT2D eigenvalue weighted by atomic mass is 35.5. The molecule has 0 aliphatic carbocycles. The van der Waals surface area contributed by atoms with Crippen LogP contribution < -0.4 is 5.73 Å². The molecule has 2 heterocycles. The van der Waals surface area contributed by atoms with E-state index in [1.54, 1.807) is 0 Å². The Balaban J connectivity index is 0.00000196. The van der Waals surface area contributed by atoms with Crippen LogP contribution in [0.4, 0.5) is 0 Å². The summed E-state index contributed by atoms with van der Waals surface area (Å²) in [4.78, 5) is 14.7. The highest BCUT2D eigenvalue weighted by molar-refractivity contribution is 5.85. The van der Waals surface area contributed by atoms with Crippen LogP contribution in [-0.4, -0.2) is 36.5 Å². The summed E-state index contributed by atoms with van der Waals surface area (Å²) in [6, 6.07) is 18.5. The second-order valence-corrected chi connectivity index (χ2v) is 6.99. The number of carbonyl (C=O) groups excluding carboxylic acids is 1. The maximum atomic E-state index is 12.8. The minimum atomic E-state index is -0.135. The van der Waals surface area contributed by atoms with E-state index in [0.29, 0.717) is 26.1 Å². The Morgan fingerprint density at radius 3 is 2.62 bits per heavy atom. The number of hydrogen-bond donors (Lipinski definition) is 1. The van der Waals surface area contributed by atoms with Gasteiger partial charge in [0.15, 0.2) is 0 Å². The van der Waals surface area contributed by atoms with Crippen molar-refractivity contribution in [2.75, 3.05) is 19.7 Å². The van der Waals surface area contributed by atoms with E-state index in [2.05, 4.69) is 24.3 Å². The van der Waals surface area contributed by atoms with E-state index in [4.69, 9.17) is 10.5 Å². The molecule has 2 aliphatic heterocycles. The summed E-state index contributed by atoms with van der Waals surface area (Å²) in [5.41, 5.74) is 9.99. The van der Waals surface area contributed by atoms with E-state index in [1.165, 1.54) is 11.1 Å². The number of carbonyl (C=O) groups is 1. The first-order chi connectivity index (χ1) is 12.2. The molecule has 1 unspecified atom stereocenters. The Kier molecular flexibility index (Phi) is 5.97. The molecule has 2 aromatic rings. The number of benzene rings is 2. The summed E-state index contributed by atoms with van der Waals surface area (Å²) < 4.78 is 5.89. The van der Waals surface area contributed by atoms with E-state index >= 15 is 0 Å². The molecule has 3 atom stereocenters. The molecule has 2 aliphatic rings. The Morgan fingerprint density at radius 2 is 1.81 bits per heavy atom. The molecular formula is C21H25ClN2O2. The van der Waals surface area contributed by atoms with Crippen molar-refractivity contribution in [3.63, 3.8) is 0 Å². The number of fused-ring (bicyclic) bond motifs is 1. The fraction of sp³-hybridized carbons (Fsp3) is 0.381. The van der Waals surface area contributed by atoms with Crippen LogP contribution in [0.5, 0.6) is 0 Å². The monoisotopic (exact) mass is 372 g/mol. The molecular weight excluding hydrogens is 348 g/mol. The van der Waals surface area contributed by atoms with Gasteiger partial charge in [0.2, 0.25) is 5.91 Å². The normalized spacial score (nSPS) is 24.7. The van der Waals surface area contributed by atoms with Crippen molar-refractivity contribution in [3.8, 4) is 0 Å². The number of likely N-dealkylation sites (tertiary alicyclic amines) is 1. The van der Waals surface area contributed by atoms with Crippen molar-refractivity contribution >= 4 is 18.3 Å². The number of nitrogens with zero attached hydrogens (tertiary/aromatic N) is 1. The molecule has 1 amide bonds. The molecule has 2 N–H and O–H groups in total. The van der Waals surface area contributed by atoms with Crippen molar-refractivity contribution in [3.05, 3.63) is 71.3 Å². The highest BCUT2D eigenvalue weighted by Crippen LogP contribution is 2.32. The minimum Gasteiger partial charge on any atom is -0.373 e. The van der Waals surface area contributed by atoms with E-state index < -0.39 is 0 Å². The average Bonchev–Trinajstić information content (AvgIpc) is 3.05. The Hall–Kier alpha value is -1.88. The molecule has 1 saturated heterocycles. The lowest BCUT2D eigenvalue weighted by Gasteiger charge is -2.27. The predicted octanol–water partition coefficient (Wildman–Crippen LogP) is 3.07. The van der Waals surface area contributed by atoms with Gasteiger partial charge in [-0.15, -0.1) is 12.4 Å². The number of halogens is 1. The molecule has 138 valence electrons. The molecule has 26 heavy (non-hydrogen) atoms. The fourth-order valence-corrected chi connectivity index (χ4v) is 4.02. The van der Waals surface area contributed by atoms with Crippen LogP contribution >= 0.6 is 12.4 Å². The fourth-order valence-electron chi connectivity index (χ4n) is 4.02. The van der Waals surface area contributed by atoms with Gasteiger partial charge >= 0.3 is 0 Å². The number of hydrogen-bond acceptors (Lipinski definition) is 3. The van der Waals surface area contributed by atoms with Gasteiger partial charge in [-0.25, -0.2) is 0 Å². The first kappa shape index (κ1) is 18.9. The lowest BCUT2D eigenvalue weighted by Crippen LogP contribution is -2.33. The molecule has 0 aromatic heterocycles. The van der Waals surface area contributed by atoms with Crippen molar-refractivity contribution < 1.29 is 9.53 Å². The summed E-state index contributed by atoms with van der Waals surface area (Å²) in [6.07, 6.45) is 1.18. The van der Waals surface area contributed by atoms with Gasteiger partial charge in [0.05, 0.1) is 19.1 Å². The lowest BCUT2D eigenvalue weighted by atomic mass is 9.95. The van der Waals surface area contributed by atoms with Crippen LogP contribution in [0, 0.1) is 0 Å². The van der Waals surface area contributed by atoms with Crippen molar-refractivity contribution in [1.29, 1.82) is 0 Å². The lowest BCUT2D eigenvalue weighted by molar-refractivity contribution is -0.133. The van der Waals surface area contributed by atoms with Gasteiger partial charge in [-0.1, -0.05) is 54.6 Å². The first-order valence-corrected chi connectivity index (χ1v) is 9.00. The predicted molar refractivity (Wildman–Crippen MR) is 104 cm³/mol. The van der Waals surface area contributed by atoms with E-state index in [0.717, 1.165) is 12.0 Å². The summed E-state index contributed by atoms with van der Waals surface area (Å²) >= 11 is 0. The maximum Gasteiger partial charge on any atom is 0.225 e. The maximum absolute atomic E-state index is 12.8. The van der Waals surface area contributed by atoms with E-state index in [1.807, 2.05) is 35.2 Å². The van der Waals surface area contributed by atoms with Gasteiger partial charge in [0, 0.05) is 25.0 Å². The third kappa shape index (κ3) is 3.78. The van der Waals surface area contributed by atoms with Gasteiger partial charge in [-0.2, -0.15) is 0 Å². The number of nitrogens with two attached hydrogens (primary N) is 1. The van der Waals surface area contributed by atoms with E-state index in [9.17, 15) is 4.79 Å². The first-order valence-electron chi connectivity index (χ1n) is 9.00. The van der Waals surface area contributed by atoms with Crippen LogP contribution in [0.25, 0.3) is 0 Å². The topological polar surface area (TPSA) is 55.6 Å². The van der Waals surface area contributed by atoms with E-state index in [-0.39, 0.29) is 36.4 Å². The van der Waals surface area contributed by atoms with Crippen molar-refractivity contribution in [2.24, 2.45) is 5.73 Å². The van der Waals surface area contributed by atoms with Gasteiger partial charge < -0.3 is 15.4 Å². The zero-order chi connectivity index (χ0) is 17.2. The summed E-state index contributed by atoms with van der Waals surface area (Å²) in [6.45, 7) is 1.99. The van der Waals surface area contributed by atoms with Crippen molar-refractivity contribution in [2.45, 2.75) is 30.9 Å². The van der Waals surface area contributed by atoms with Gasteiger partial charge in [0.1, 0.15) is 0 Å². The average molecular weight is 373 g/mol. The van der Waals surface area contributed by atoms with Gasteiger partial charge in [-0.05, 0) is 23.1 Å². The third-order valence-corrected chi connectivity index (χ3v) is 5.40. The smallest absolute Gasteiger partial charge is 0.225 e. The second-order valence-electron chi connectivity index (χ2n) is 6.99. The van der Waals surface area contributed by atoms with Crippen LogP contribution in [0.15, 0.2) is 54.6 Å². The Bertz CT molecular complexity index is 753. The zero-order valence-corrected chi connectivity index (χ0v) is 15.5. The van der Waals surface area contributed by atoms with Crippen LogP contribution in [0.2, 0.25) is 0 Å². The van der Waals surface area contributed by atoms with Gasteiger partial charge in [0.25, 0.3) is 0 Å². The van der Waals surface area contributed by atoms with Crippen molar-refractivity contribution in [1.82, 2.24) is 4.90 Å². The van der Waals surface area contributed by atoms with Crippen LogP contribution in [0.1, 0.15) is 35.1 Å². The Labute approximate surface area is 160 Å². The van der Waals surface area contributed by atoms with Gasteiger partial charge in [-0.3, -0.25) is 4.79 Å². The molecule has 2 aromatic carbocycles. The number of ether oxygens (including phenoxy) is 1. The number of rotatable bonds is 3. The molecule has 0 saturated carbocycles. The van der Waals surface area contributed by atoms with Crippen LogP contribution in [0.3, 0.4) is 0 Å². The molecule has 1 fully saturated rings. The van der Waals surface area contributed by atoms with Crippen LogP contribution in [-0.2, 0) is 16.0 Å². The largest absolute Gasteiger partial charge is 0.373 e. The SMILES string of the molecule is Cl.N[C@@H]1CN(C(=O)CC2OCCc3ccccc32)C[C@H]1c1ccccc1. The third-order valence-electron chi connectivity index (χ3n) is 5.40. The molecule has 4 nitrogen and oxygen atoms in total. The molecule has 0 radical (unpaired) electrons. The molecule has 0 spiro atoms. The standard InChI is InChI=1S/C21H24N2O2.ClH/c22-19-14-23(13-18(19)15-6-2-1-3-7-15)21(24)12-20-17-9-5-4-8-16(17)10-11-25-20;/h1-9,18-20H,10-14,22H2;1H/t18-,19+,20?;/m0./s1. The summed E-state index contributed by atoms with van der Waals surface area (Å²) in [5, 5.41) is 0. The highest BCUT2D eigenvalue weighted by Gasteiger charge is 2.35. The molecule has 4 rings (SSSR count). The zero-order valence-electron chi connectivity index (χ0n) is 14.7.